The second-order valence-electron chi connectivity index (χ2n) is 3.20. The summed E-state index contributed by atoms with van der Waals surface area (Å²) in [5.74, 6) is 0. The van der Waals surface area contributed by atoms with E-state index < -0.39 is 9.85 Å². The van der Waals surface area contributed by atoms with Gasteiger partial charge in [0.1, 0.15) is 4.88 Å². The predicted octanol–water partition coefficient (Wildman–Crippen LogP) is 3.23. The molecule has 0 amide bonds. The van der Waals surface area contributed by atoms with E-state index in [0.717, 1.165) is 0 Å². The molecule has 0 aliphatic rings. The monoisotopic (exact) mass is 250 g/mol. The first-order valence-corrected chi connectivity index (χ1v) is 5.44. The van der Waals surface area contributed by atoms with Crippen molar-refractivity contribution in [1.82, 2.24) is 0 Å². The molecule has 0 fully saturated rings. The normalized spacial score (nSPS) is 10.1. The largest absolute Gasteiger partial charge is 0.287 e. The van der Waals surface area contributed by atoms with Crippen LogP contribution in [0, 0.1) is 20.2 Å². The zero-order chi connectivity index (χ0) is 12.4. The second kappa shape index (κ2) is 4.30. The van der Waals surface area contributed by atoms with Crippen LogP contribution in [0.3, 0.4) is 0 Å². The fourth-order valence-electron chi connectivity index (χ4n) is 1.42. The molecule has 0 unspecified atom stereocenters. The molecule has 6 nitrogen and oxygen atoms in total. The second-order valence-corrected chi connectivity index (χ2v) is 4.12. The van der Waals surface area contributed by atoms with Gasteiger partial charge in [-0.25, -0.2) is 0 Å². The first-order chi connectivity index (χ1) is 8.09. The molecule has 0 saturated carbocycles. The summed E-state index contributed by atoms with van der Waals surface area (Å²) in [5.41, 5.74) is 0.376. The minimum absolute atomic E-state index is 0.0319. The average Bonchev–Trinajstić information content (AvgIpc) is 2.78. The highest BCUT2D eigenvalue weighted by Crippen LogP contribution is 2.36. The Morgan fingerprint density at radius 2 is 1.82 bits per heavy atom. The maximum absolute atomic E-state index is 10.8. The van der Waals surface area contributed by atoms with Crippen molar-refractivity contribution in [3.8, 4) is 10.4 Å². The average molecular weight is 250 g/mol. The molecule has 17 heavy (non-hydrogen) atoms. The van der Waals surface area contributed by atoms with Crippen LogP contribution >= 0.6 is 11.3 Å². The van der Waals surface area contributed by atoms with Gasteiger partial charge in [-0.15, -0.1) is 11.3 Å². The van der Waals surface area contributed by atoms with Crippen LogP contribution in [-0.2, 0) is 0 Å². The topological polar surface area (TPSA) is 86.3 Å². The summed E-state index contributed by atoms with van der Waals surface area (Å²) >= 11 is 1.19. The first-order valence-electron chi connectivity index (χ1n) is 4.56. The Balaban J connectivity index is 2.53. The number of hydrogen-bond donors (Lipinski definition) is 0. The summed E-state index contributed by atoms with van der Waals surface area (Å²) in [4.78, 5) is 20.8. The molecular formula is C10H6N2O4S. The number of nitrogens with zero attached hydrogens (tertiary/aromatic N) is 2. The Hall–Kier alpha value is -2.28. The van der Waals surface area contributed by atoms with E-state index in [1.807, 2.05) is 0 Å². The third kappa shape index (κ3) is 2.13. The van der Waals surface area contributed by atoms with E-state index in [0.29, 0.717) is 10.4 Å². The Morgan fingerprint density at radius 1 is 1.06 bits per heavy atom. The molecule has 1 aromatic heterocycles. The van der Waals surface area contributed by atoms with Gasteiger partial charge in [0.15, 0.2) is 0 Å². The summed E-state index contributed by atoms with van der Waals surface area (Å²) in [7, 11) is 0. The molecule has 2 rings (SSSR count). The molecule has 0 radical (unpaired) electrons. The highest BCUT2D eigenvalue weighted by atomic mass is 32.1. The molecule has 1 heterocycles. The van der Waals surface area contributed by atoms with Crippen molar-refractivity contribution in [1.29, 1.82) is 0 Å². The third-order valence-electron chi connectivity index (χ3n) is 2.16. The number of nitro benzene ring substituents is 1. The lowest BCUT2D eigenvalue weighted by atomic mass is 10.1. The third-order valence-corrected chi connectivity index (χ3v) is 3.11. The van der Waals surface area contributed by atoms with E-state index in [4.69, 9.17) is 0 Å². The molecule has 0 aliphatic heterocycles. The van der Waals surface area contributed by atoms with Gasteiger partial charge >= 0.3 is 0 Å². The molecule has 2 aromatic rings. The zero-order valence-corrected chi connectivity index (χ0v) is 9.22. The number of rotatable bonds is 3. The lowest BCUT2D eigenvalue weighted by Gasteiger charge is -1.97. The Morgan fingerprint density at radius 3 is 2.47 bits per heavy atom. The molecule has 0 saturated heterocycles. The van der Waals surface area contributed by atoms with E-state index in [9.17, 15) is 20.2 Å². The SMILES string of the molecule is O=[N+]([O-])c1cccc(-c2sccc2[N+](=O)[O-])c1. The summed E-state index contributed by atoms with van der Waals surface area (Å²) in [5, 5.41) is 23.0. The maximum atomic E-state index is 10.8. The predicted molar refractivity (Wildman–Crippen MR) is 63.1 cm³/mol. The van der Waals surface area contributed by atoms with E-state index in [1.165, 1.54) is 35.6 Å². The van der Waals surface area contributed by atoms with Crippen molar-refractivity contribution < 1.29 is 9.85 Å². The van der Waals surface area contributed by atoms with Crippen molar-refractivity contribution in [2.45, 2.75) is 0 Å². The lowest BCUT2D eigenvalue weighted by Crippen LogP contribution is -1.90. The molecule has 0 atom stereocenters. The van der Waals surface area contributed by atoms with E-state index in [-0.39, 0.29) is 11.4 Å². The lowest BCUT2D eigenvalue weighted by molar-refractivity contribution is -0.385. The van der Waals surface area contributed by atoms with Crippen molar-refractivity contribution >= 4 is 22.7 Å². The Kier molecular flexibility index (Phi) is 2.84. The van der Waals surface area contributed by atoms with Gasteiger partial charge in [-0.3, -0.25) is 20.2 Å². The molecular weight excluding hydrogens is 244 g/mol. The van der Waals surface area contributed by atoms with Crippen molar-refractivity contribution in [2.75, 3.05) is 0 Å². The molecule has 0 aliphatic carbocycles. The minimum Gasteiger partial charge on any atom is -0.258 e. The van der Waals surface area contributed by atoms with Gasteiger partial charge in [0.05, 0.1) is 9.85 Å². The van der Waals surface area contributed by atoms with Gasteiger partial charge in [0.2, 0.25) is 0 Å². The van der Waals surface area contributed by atoms with Crippen LogP contribution in [0.15, 0.2) is 35.7 Å². The number of benzene rings is 1. The van der Waals surface area contributed by atoms with Crippen molar-refractivity contribution in [3.63, 3.8) is 0 Å². The van der Waals surface area contributed by atoms with Gasteiger partial charge in [-0.2, -0.15) is 0 Å². The van der Waals surface area contributed by atoms with Gasteiger partial charge in [-0.05, 0) is 5.38 Å². The van der Waals surface area contributed by atoms with Crippen LogP contribution in [0.25, 0.3) is 10.4 Å². The van der Waals surface area contributed by atoms with Crippen LogP contribution in [0.2, 0.25) is 0 Å². The molecule has 0 bridgehead atoms. The smallest absolute Gasteiger partial charge is 0.258 e. The minimum atomic E-state index is -0.525. The van der Waals surface area contributed by atoms with Gasteiger partial charge in [0.25, 0.3) is 11.4 Å². The van der Waals surface area contributed by atoms with E-state index in [1.54, 1.807) is 11.4 Å². The van der Waals surface area contributed by atoms with Crippen molar-refractivity contribution in [3.05, 3.63) is 55.9 Å². The molecule has 0 N–H and O–H groups in total. The Bertz CT molecular complexity index is 593. The van der Waals surface area contributed by atoms with Crippen LogP contribution in [0.4, 0.5) is 11.4 Å². The standard InChI is InChI=1S/C10H6N2O4S/c13-11(14)8-3-1-2-7(6-8)10-9(12(15)16)4-5-17-10/h1-6H. The highest BCUT2D eigenvalue weighted by Gasteiger charge is 2.18. The summed E-state index contributed by atoms with van der Waals surface area (Å²) in [6.45, 7) is 0. The van der Waals surface area contributed by atoms with Gasteiger partial charge in [-0.1, -0.05) is 12.1 Å². The van der Waals surface area contributed by atoms with E-state index in [2.05, 4.69) is 0 Å². The Labute approximate surface area is 99.4 Å². The van der Waals surface area contributed by atoms with Crippen LogP contribution < -0.4 is 0 Å². The summed E-state index contributed by atoms with van der Waals surface area (Å²) in [6.07, 6.45) is 0. The van der Waals surface area contributed by atoms with Gasteiger partial charge < -0.3 is 0 Å². The number of nitro groups is 2. The summed E-state index contributed by atoms with van der Waals surface area (Å²) < 4.78 is 0. The number of hydrogen-bond acceptors (Lipinski definition) is 5. The van der Waals surface area contributed by atoms with Crippen LogP contribution in [0.1, 0.15) is 0 Å². The quantitative estimate of drug-likeness (QED) is 0.618. The molecule has 1 aromatic carbocycles. The summed E-state index contributed by atoms with van der Waals surface area (Å²) in [6, 6.07) is 7.20. The fourth-order valence-corrected chi connectivity index (χ4v) is 2.28. The van der Waals surface area contributed by atoms with Crippen LogP contribution in [-0.4, -0.2) is 9.85 Å². The first kappa shape index (κ1) is 11.2. The van der Waals surface area contributed by atoms with Crippen molar-refractivity contribution in [2.24, 2.45) is 0 Å². The molecule has 7 heteroatoms. The highest BCUT2D eigenvalue weighted by molar-refractivity contribution is 7.14. The van der Waals surface area contributed by atoms with Gasteiger partial charge in [0, 0.05) is 23.8 Å². The zero-order valence-electron chi connectivity index (χ0n) is 8.40. The maximum Gasteiger partial charge on any atom is 0.287 e. The molecule has 86 valence electrons. The molecule has 0 spiro atoms. The number of thiophene rings is 1. The number of non-ortho nitro benzene ring substituents is 1. The fraction of sp³-hybridized carbons (Fsp3) is 0. The van der Waals surface area contributed by atoms with Crippen LogP contribution in [0.5, 0.6) is 0 Å². The van der Waals surface area contributed by atoms with E-state index >= 15 is 0 Å².